The first-order chi connectivity index (χ1) is 14.3. The average molecular weight is 421 g/mol. The van der Waals surface area contributed by atoms with Crippen molar-refractivity contribution in [3.63, 3.8) is 0 Å². The number of hydrogen-bond donors (Lipinski definition) is 0. The van der Waals surface area contributed by atoms with Crippen molar-refractivity contribution in [1.29, 1.82) is 0 Å². The molecule has 30 heavy (non-hydrogen) atoms. The first-order valence-corrected chi connectivity index (χ1v) is 11.3. The predicted molar refractivity (Wildman–Crippen MR) is 125 cm³/mol. The second kappa shape index (κ2) is 7.95. The third-order valence-electron chi connectivity index (χ3n) is 6.08. The van der Waals surface area contributed by atoms with Crippen LogP contribution in [0.1, 0.15) is 56.7 Å². The van der Waals surface area contributed by atoms with Gasteiger partial charge in [0.1, 0.15) is 0 Å². The van der Waals surface area contributed by atoms with Gasteiger partial charge in [-0.3, -0.25) is 14.5 Å². The summed E-state index contributed by atoms with van der Waals surface area (Å²) in [6.45, 7) is 10.3. The molecule has 0 unspecified atom stereocenters. The van der Waals surface area contributed by atoms with Gasteiger partial charge in [-0.2, -0.15) is 0 Å². The van der Waals surface area contributed by atoms with Gasteiger partial charge in [0.15, 0.2) is 0 Å². The largest absolute Gasteiger partial charge is 0.366 e. The molecule has 2 heterocycles. The maximum absolute atomic E-state index is 12.9. The molecule has 2 amide bonds. The van der Waals surface area contributed by atoms with Gasteiger partial charge in [0.05, 0.1) is 11.4 Å². The van der Waals surface area contributed by atoms with E-state index in [1.165, 1.54) is 16.2 Å². The van der Waals surface area contributed by atoms with Crippen LogP contribution >= 0.6 is 11.8 Å². The number of rotatable bonds is 4. The SMILES string of the molecule is CCN1c2ccc(/C=C3\SC(=O)N(Cc4ccccc4)C3=O)cc2[C@@H](C)CC1(C)C. The highest BCUT2D eigenvalue weighted by atomic mass is 32.2. The van der Waals surface area contributed by atoms with Crippen molar-refractivity contribution >= 4 is 34.7 Å². The summed E-state index contributed by atoms with van der Waals surface area (Å²) in [4.78, 5) is 29.6. The molecule has 0 N–H and O–H groups in total. The van der Waals surface area contributed by atoms with Gasteiger partial charge in [0.2, 0.25) is 0 Å². The van der Waals surface area contributed by atoms with Gasteiger partial charge >= 0.3 is 0 Å². The first-order valence-electron chi connectivity index (χ1n) is 10.5. The molecular weight excluding hydrogens is 392 g/mol. The Morgan fingerprint density at radius 3 is 2.57 bits per heavy atom. The molecule has 1 atom stereocenters. The summed E-state index contributed by atoms with van der Waals surface area (Å²) in [5.41, 5.74) is 4.64. The Balaban J connectivity index is 1.61. The normalized spacial score (nSPS) is 22.0. The topological polar surface area (TPSA) is 40.6 Å². The van der Waals surface area contributed by atoms with Gasteiger partial charge in [-0.15, -0.1) is 0 Å². The molecule has 4 nitrogen and oxygen atoms in total. The van der Waals surface area contributed by atoms with Crippen LogP contribution in [0.2, 0.25) is 0 Å². The van der Waals surface area contributed by atoms with Gasteiger partial charge in [-0.25, -0.2) is 0 Å². The molecule has 0 spiro atoms. The van der Waals surface area contributed by atoms with E-state index >= 15 is 0 Å². The minimum atomic E-state index is -0.212. The van der Waals surface area contributed by atoms with E-state index < -0.39 is 0 Å². The molecule has 2 aromatic rings. The van der Waals surface area contributed by atoms with Crippen molar-refractivity contribution in [1.82, 2.24) is 4.90 Å². The molecule has 0 aromatic heterocycles. The maximum atomic E-state index is 12.9. The van der Waals surface area contributed by atoms with Crippen molar-refractivity contribution in [3.8, 4) is 0 Å². The number of hydrogen-bond acceptors (Lipinski definition) is 4. The molecule has 4 rings (SSSR count). The fourth-order valence-electron chi connectivity index (χ4n) is 4.75. The Bertz CT molecular complexity index is 1010. The van der Waals surface area contributed by atoms with E-state index in [0.717, 1.165) is 35.9 Å². The van der Waals surface area contributed by atoms with Crippen LogP contribution in [0.25, 0.3) is 6.08 Å². The Kier molecular flexibility index (Phi) is 5.49. The van der Waals surface area contributed by atoms with Crippen molar-refractivity contribution in [2.75, 3.05) is 11.4 Å². The second-order valence-electron chi connectivity index (χ2n) is 8.73. The number of fused-ring (bicyclic) bond motifs is 1. The van der Waals surface area contributed by atoms with E-state index in [-0.39, 0.29) is 16.7 Å². The zero-order valence-corrected chi connectivity index (χ0v) is 18.8. The van der Waals surface area contributed by atoms with Crippen LogP contribution in [0.3, 0.4) is 0 Å². The zero-order valence-electron chi connectivity index (χ0n) is 18.0. The Hall–Kier alpha value is -2.53. The lowest BCUT2D eigenvalue weighted by Gasteiger charge is -2.47. The highest BCUT2D eigenvalue weighted by molar-refractivity contribution is 8.18. The fraction of sp³-hybridized carbons (Fsp3) is 0.360. The van der Waals surface area contributed by atoms with E-state index in [1.807, 2.05) is 36.4 Å². The Morgan fingerprint density at radius 2 is 1.87 bits per heavy atom. The molecule has 0 saturated carbocycles. The number of benzene rings is 2. The van der Waals surface area contributed by atoms with Gasteiger partial charge < -0.3 is 4.90 Å². The molecule has 0 radical (unpaired) electrons. The number of carbonyl (C=O) groups is 2. The van der Waals surface area contributed by atoms with Crippen LogP contribution < -0.4 is 4.90 Å². The van der Waals surface area contributed by atoms with Crippen LogP contribution in [0.5, 0.6) is 0 Å². The van der Waals surface area contributed by atoms with Crippen molar-refractivity contribution in [2.24, 2.45) is 0 Å². The predicted octanol–water partition coefficient (Wildman–Crippen LogP) is 6.04. The lowest BCUT2D eigenvalue weighted by Crippen LogP contribution is -2.48. The molecule has 5 heteroatoms. The summed E-state index contributed by atoms with van der Waals surface area (Å²) in [6, 6.07) is 16.0. The van der Waals surface area contributed by atoms with E-state index in [1.54, 1.807) is 0 Å². The van der Waals surface area contributed by atoms with E-state index in [2.05, 4.69) is 50.8 Å². The molecular formula is C25H28N2O2S. The van der Waals surface area contributed by atoms with Gasteiger partial charge in [-0.05, 0) is 79.8 Å². The number of imide groups is 1. The zero-order chi connectivity index (χ0) is 21.5. The second-order valence-corrected chi connectivity index (χ2v) is 9.73. The monoisotopic (exact) mass is 420 g/mol. The van der Waals surface area contributed by atoms with Crippen molar-refractivity contribution in [3.05, 3.63) is 70.1 Å². The summed E-state index contributed by atoms with van der Waals surface area (Å²) in [5.74, 6) is 0.232. The Labute approximate surface area is 182 Å². The van der Waals surface area contributed by atoms with Crippen LogP contribution in [0.15, 0.2) is 53.4 Å². The highest BCUT2D eigenvalue weighted by Crippen LogP contribution is 2.44. The lowest BCUT2D eigenvalue weighted by molar-refractivity contribution is -0.123. The van der Waals surface area contributed by atoms with Gasteiger partial charge in [-0.1, -0.05) is 43.3 Å². The number of thioether (sulfide) groups is 1. The van der Waals surface area contributed by atoms with Crippen LogP contribution in [-0.2, 0) is 11.3 Å². The summed E-state index contributed by atoms with van der Waals surface area (Å²) in [6.07, 6.45) is 2.95. The molecule has 2 aliphatic rings. The van der Waals surface area contributed by atoms with Crippen molar-refractivity contribution in [2.45, 2.75) is 52.1 Å². The van der Waals surface area contributed by atoms with E-state index in [0.29, 0.717) is 17.4 Å². The summed E-state index contributed by atoms with van der Waals surface area (Å²) >= 11 is 1.03. The number of carbonyl (C=O) groups excluding carboxylic acids is 2. The van der Waals surface area contributed by atoms with Crippen LogP contribution in [0, 0.1) is 0 Å². The standard InChI is InChI=1S/C25H28N2O2S/c1-5-27-21-12-11-19(13-20(21)17(2)15-25(27,3)4)14-22-23(28)26(24(29)30-22)16-18-9-7-6-8-10-18/h6-14,17H,5,15-16H2,1-4H3/b22-14-/t17-/m0/s1. The summed E-state index contributed by atoms with van der Waals surface area (Å²) < 4.78 is 0. The Morgan fingerprint density at radius 1 is 1.13 bits per heavy atom. The first kappa shape index (κ1) is 20.7. The van der Waals surface area contributed by atoms with Crippen LogP contribution in [-0.4, -0.2) is 28.1 Å². The van der Waals surface area contributed by atoms with Gasteiger partial charge in [0, 0.05) is 17.8 Å². The van der Waals surface area contributed by atoms with E-state index in [4.69, 9.17) is 0 Å². The molecule has 2 aliphatic heterocycles. The summed E-state index contributed by atoms with van der Waals surface area (Å²) in [7, 11) is 0. The van der Waals surface area contributed by atoms with Crippen LogP contribution in [0.4, 0.5) is 10.5 Å². The average Bonchev–Trinajstić information content (AvgIpc) is 2.96. The summed E-state index contributed by atoms with van der Waals surface area (Å²) in [5, 5.41) is -0.208. The molecule has 156 valence electrons. The van der Waals surface area contributed by atoms with E-state index in [9.17, 15) is 9.59 Å². The third-order valence-corrected chi connectivity index (χ3v) is 6.99. The lowest BCUT2D eigenvalue weighted by atomic mass is 9.79. The third kappa shape index (κ3) is 3.79. The number of anilines is 1. The molecule has 0 bridgehead atoms. The quantitative estimate of drug-likeness (QED) is 0.566. The fourth-order valence-corrected chi connectivity index (χ4v) is 5.59. The number of nitrogens with zero attached hydrogens (tertiary/aromatic N) is 2. The number of amides is 2. The smallest absolute Gasteiger partial charge is 0.293 e. The molecule has 1 saturated heterocycles. The van der Waals surface area contributed by atoms with Crippen molar-refractivity contribution < 1.29 is 9.59 Å². The molecule has 1 fully saturated rings. The minimum absolute atomic E-state index is 0.128. The maximum Gasteiger partial charge on any atom is 0.293 e. The minimum Gasteiger partial charge on any atom is -0.366 e. The molecule has 0 aliphatic carbocycles. The molecule has 2 aromatic carbocycles. The highest BCUT2D eigenvalue weighted by Gasteiger charge is 2.37. The van der Waals surface area contributed by atoms with Gasteiger partial charge in [0.25, 0.3) is 11.1 Å².